The van der Waals surface area contributed by atoms with Crippen LogP contribution >= 0.6 is 0 Å². The Bertz CT molecular complexity index is 1130. The SMILES string of the molecule is Cc1ccc(S(=O)(=O)NC(=O)Nc2ccc(C(=O)OCCN3C(=O)CCC3=O)cc2)cc1. The number of sulfonamides is 1. The van der Waals surface area contributed by atoms with Crippen LogP contribution in [0.4, 0.5) is 10.5 Å². The first-order valence-corrected chi connectivity index (χ1v) is 11.1. The number of carbonyl (C=O) groups excluding carboxylic acids is 4. The summed E-state index contributed by atoms with van der Waals surface area (Å²) in [5, 5.41) is 2.37. The maximum absolute atomic E-state index is 12.2. The molecule has 1 fully saturated rings. The van der Waals surface area contributed by atoms with E-state index in [-0.39, 0.29) is 54.0 Å². The largest absolute Gasteiger partial charge is 0.460 e. The summed E-state index contributed by atoms with van der Waals surface area (Å²) in [6, 6.07) is 10.6. The molecule has 3 rings (SSSR count). The van der Waals surface area contributed by atoms with E-state index in [2.05, 4.69) is 5.32 Å². The molecule has 0 saturated carbocycles. The average Bonchev–Trinajstić information content (AvgIpc) is 3.06. The second-order valence-corrected chi connectivity index (χ2v) is 8.71. The molecule has 10 nitrogen and oxygen atoms in total. The van der Waals surface area contributed by atoms with E-state index >= 15 is 0 Å². The van der Waals surface area contributed by atoms with Crippen LogP contribution in [0, 0.1) is 6.92 Å². The summed E-state index contributed by atoms with van der Waals surface area (Å²) >= 11 is 0. The predicted molar refractivity (Wildman–Crippen MR) is 113 cm³/mol. The van der Waals surface area contributed by atoms with Crippen LogP contribution in [-0.4, -0.2) is 50.3 Å². The third-order valence-electron chi connectivity index (χ3n) is 4.64. The molecular weight excluding hydrogens is 438 g/mol. The van der Waals surface area contributed by atoms with Crippen molar-refractivity contribution in [3.8, 4) is 0 Å². The monoisotopic (exact) mass is 459 g/mol. The highest BCUT2D eigenvalue weighted by Gasteiger charge is 2.28. The van der Waals surface area contributed by atoms with Crippen LogP contribution in [0.1, 0.15) is 28.8 Å². The van der Waals surface area contributed by atoms with Crippen molar-refractivity contribution in [3.05, 3.63) is 59.7 Å². The Morgan fingerprint density at radius 3 is 2.16 bits per heavy atom. The topological polar surface area (TPSA) is 139 Å². The van der Waals surface area contributed by atoms with Gasteiger partial charge < -0.3 is 10.1 Å². The third-order valence-corrected chi connectivity index (χ3v) is 5.99. The van der Waals surface area contributed by atoms with Crippen LogP contribution < -0.4 is 10.0 Å². The highest BCUT2D eigenvalue weighted by atomic mass is 32.2. The molecule has 1 aliphatic heterocycles. The van der Waals surface area contributed by atoms with Crippen molar-refractivity contribution in [3.63, 3.8) is 0 Å². The Morgan fingerprint density at radius 1 is 0.969 bits per heavy atom. The molecule has 4 amide bonds. The molecule has 2 N–H and O–H groups in total. The van der Waals surface area contributed by atoms with Gasteiger partial charge in [-0.2, -0.15) is 0 Å². The van der Waals surface area contributed by atoms with Gasteiger partial charge in [0.1, 0.15) is 6.61 Å². The van der Waals surface area contributed by atoms with Crippen LogP contribution in [0.2, 0.25) is 0 Å². The summed E-state index contributed by atoms with van der Waals surface area (Å²) in [5.41, 5.74) is 1.32. The first-order chi connectivity index (χ1) is 15.2. The normalized spacial score (nSPS) is 13.7. The Labute approximate surface area is 184 Å². The van der Waals surface area contributed by atoms with Crippen LogP contribution in [0.5, 0.6) is 0 Å². The van der Waals surface area contributed by atoms with E-state index in [0.717, 1.165) is 10.5 Å². The van der Waals surface area contributed by atoms with Crippen LogP contribution in [0.25, 0.3) is 0 Å². The predicted octanol–water partition coefficient (Wildman–Crippen LogP) is 1.81. The van der Waals surface area contributed by atoms with Gasteiger partial charge in [-0.3, -0.25) is 14.5 Å². The number of carbonyl (C=O) groups is 4. The minimum atomic E-state index is -4.03. The highest BCUT2D eigenvalue weighted by Crippen LogP contribution is 2.14. The molecule has 0 aromatic heterocycles. The van der Waals surface area contributed by atoms with E-state index in [9.17, 15) is 27.6 Å². The Balaban J connectivity index is 1.50. The van der Waals surface area contributed by atoms with Gasteiger partial charge in [0.25, 0.3) is 10.0 Å². The molecule has 0 unspecified atom stereocenters. The van der Waals surface area contributed by atoms with Crippen LogP contribution in [0.3, 0.4) is 0 Å². The minimum Gasteiger partial charge on any atom is -0.460 e. The fourth-order valence-corrected chi connectivity index (χ4v) is 3.84. The molecule has 2 aromatic rings. The summed E-state index contributed by atoms with van der Waals surface area (Å²) in [6.45, 7) is 1.68. The van der Waals surface area contributed by atoms with E-state index in [1.165, 1.54) is 36.4 Å². The molecular formula is C21H21N3O7S. The number of aryl methyl sites for hydroxylation is 1. The maximum Gasteiger partial charge on any atom is 0.338 e. The van der Waals surface area contributed by atoms with E-state index < -0.39 is 22.0 Å². The van der Waals surface area contributed by atoms with Crippen LogP contribution in [0.15, 0.2) is 53.4 Å². The van der Waals surface area contributed by atoms with Crippen molar-refractivity contribution >= 4 is 39.5 Å². The van der Waals surface area contributed by atoms with E-state index in [1.807, 2.05) is 11.6 Å². The average molecular weight is 459 g/mol. The van der Waals surface area contributed by atoms with Gasteiger partial charge in [0.05, 0.1) is 17.0 Å². The molecule has 2 aromatic carbocycles. The zero-order chi connectivity index (χ0) is 23.3. The first kappa shape index (κ1) is 22.9. The molecule has 1 aliphatic rings. The van der Waals surface area contributed by atoms with E-state index in [4.69, 9.17) is 4.74 Å². The van der Waals surface area contributed by atoms with Crippen molar-refractivity contribution in [2.24, 2.45) is 0 Å². The van der Waals surface area contributed by atoms with Crippen molar-refractivity contribution in [1.29, 1.82) is 0 Å². The lowest BCUT2D eigenvalue weighted by Gasteiger charge is -2.13. The van der Waals surface area contributed by atoms with Gasteiger partial charge in [-0.25, -0.2) is 22.7 Å². The Hall–Kier alpha value is -3.73. The Kier molecular flexibility index (Phi) is 6.89. The quantitative estimate of drug-likeness (QED) is 0.475. The van der Waals surface area contributed by atoms with Gasteiger partial charge in [-0.05, 0) is 43.3 Å². The lowest BCUT2D eigenvalue weighted by molar-refractivity contribution is -0.138. The Morgan fingerprint density at radius 2 is 1.56 bits per heavy atom. The molecule has 1 saturated heterocycles. The van der Waals surface area contributed by atoms with Gasteiger partial charge in [0.15, 0.2) is 0 Å². The third kappa shape index (κ3) is 5.70. The molecule has 0 atom stereocenters. The number of rotatable bonds is 7. The molecule has 0 spiro atoms. The molecule has 32 heavy (non-hydrogen) atoms. The van der Waals surface area contributed by atoms with Gasteiger partial charge in [-0.15, -0.1) is 0 Å². The summed E-state index contributed by atoms with van der Waals surface area (Å²) in [6.07, 6.45) is 0.336. The zero-order valence-electron chi connectivity index (χ0n) is 17.2. The van der Waals surface area contributed by atoms with Gasteiger partial charge in [-0.1, -0.05) is 17.7 Å². The number of urea groups is 1. The van der Waals surface area contributed by atoms with Gasteiger partial charge in [0.2, 0.25) is 11.8 Å². The number of anilines is 1. The number of esters is 1. The number of hydrogen-bond donors (Lipinski definition) is 2. The number of amides is 4. The molecule has 1 heterocycles. The maximum atomic E-state index is 12.2. The molecule has 11 heteroatoms. The number of nitrogens with zero attached hydrogens (tertiary/aromatic N) is 1. The molecule has 0 aliphatic carbocycles. The van der Waals surface area contributed by atoms with Crippen molar-refractivity contribution in [2.75, 3.05) is 18.5 Å². The number of likely N-dealkylation sites (tertiary alicyclic amines) is 1. The highest BCUT2D eigenvalue weighted by molar-refractivity contribution is 7.90. The lowest BCUT2D eigenvalue weighted by atomic mass is 10.2. The second-order valence-electron chi connectivity index (χ2n) is 7.03. The standard InChI is InChI=1S/C21H21N3O7S/c1-14-2-8-17(9-3-14)32(29,30)23-21(28)22-16-6-4-15(5-7-16)20(27)31-13-12-24-18(25)10-11-19(24)26/h2-9H,10-13H2,1H3,(H2,22,23,28). The summed E-state index contributed by atoms with van der Waals surface area (Å²) in [7, 11) is -4.03. The van der Waals surface area contributed by atoms with E-state index in [0.29, 0.717) is 0 Å². The summed E-state index contributed by atoms with van der Waals surface area (Å²) in [4.78, 5) is 48.2. The number of nitrogens with one attached hydrogen (secondary N) is 2. The molecule has 0 bridgehead atoms. The smallest absolute Gasteiger partial charge is 0.338 e. The van der Waals surface area contributed by atoms with Gasteiger partial charge >= 0.3 is 12.0 Å². The molecule has 168 valence electrons. The number of imide groups is 1. The second kappa shape index (κ2) is 9.60. The fraction of sp³-hybridized carbons (Fsp3) is 0.238. The van der Waals surface area contributed by atoms with Crippen LogP contribution in [-0.2, 0) is 24.3 Å². The minimum absolute atomic E-state index is 0.00132. The number of benzene rings is 2. The van der Waals surface area contributed by atoms with Gasteiger partial charge in [0, 0.05) is 18.5 Å². The summed E-state index contributed by atoms with van der Waals surface area (Å²) < 4.78 is 31.5. The van der Waals surface area contributed by atoms with Crippen molar-refractivity contribution in [1.82, 2.24) is 9.62 Å². The first-order valence-electron chi connectivity index (χ1n) is 9.66. The fourth-order valence-electron chi connectivity index (χ4n) is 2.93. The van der Waals surface area contributed by atoms with Crippen molar-refractivity contribution < 1.29 is 32.3 Å². The number of ether oxygens (including phenoxy) is 1. The van der Waals surface area contributed by atoms with Crippen molar-refractivity contribution in [2.45, 2.75) is 24.7 Å². The zero-order valence-corrected chi connectivity index (χ0v) is 18.0. The van der Waals surface area contributed by atoms with E-state index in [1.54, 1.807) is 12.1 Å². The summed E-state index contributed by atoms with van der Waals surface area (Å²) in [5.74, 6) is -1.24. The molecule has 0 radical (unpaired) electrons. The lowest BCUT2D eigenvalue weighted by Crippen LogP contribution is -2.34. The number of hydrogen-bond acceptors (Lipinski definition) is 7.